The van der Waals surface area contributed by atoms with Crippen LogP contribution in [-0.2, 0) is 11.2 Å². The van der Waals surface area contributed by atoms with Gasteiger partial charge in [0.2, 0.25) is 6.54 Å². The molecule has 3 aliphatic heterocycles. The van der Waals surface area contributed by atoms with Crippen molar-refractivity contribution >= 4 is 22.6 Å². The SMILES string of the molecule is [C-]#[N+]C[C@H]1CN(c2nc(OCC34CCCN3CCC4)nc3cc(-c4cccc5c4[C@@H]4C[C@@H]4C5)ccc23)CCN1C(=O)C(=C)F. The van der Waals surface area contributed by atoms with Gasteiger partial charge < -0.3 is 19.4 Å². The predicted octanol–water partition coefficient (Wildman–Crippen LogP) is 5.38. The van der Waals surface area contributed by atoms with E-state index in [4.69, 9.17) is 21.3 Å². The van der Waals surface area contributed by atoms with Crippen molar-refractivity contribution in [2.24, 2.45) is 5.92 Å². The van der Waals surface area contributed by atoms with E-state index < -0.39 is 17.8 Å². The van der Waals surface area contributed by atoms with Gasteiger partial charge >= 0.3 is 6.01 Å². The quantitative estimate of drug-likeness (QED) is 0.271. The standard InChI is InChI=1S/C35H37FN6O2/c1-22(36)33(43)42-15-14-40(20-26(42)19-37-2)32-28-9-8-23(27-7-3-6-24-16-25-17-29(25)31(24)27)18-30(28)38-34(39-32)44-21-35-10-4-12-41(35)13-5-11-35/h3,6-9,18,25-26,29H,1,4-5,10-17,19-21H2/t25-,26-,29+/m0/s1. The Labute approximate surface area is 257 Å². The van der Waals surface area contributed by atoms with Crippen LogP contribution in [0.25, 0.3) is 26.9 Å². The summed E-state index contributed by atoms with van der Waals surface area (Å²) in [5.41, 5.74) is 6.29. The Morgan fingerprint density at radius 3 is 2.77 bits per heavy atom. The van der Waals surface area contributed by atoms with Crippen LogP contribution in [0.3, 0.4) is 0 Å². The highest BCUT2D eigenvalue weighted by Gasteiger charge is 2.47. The summed E-state index contributed by atoms with van der Waals surface area (Å²) in [6, 6.07) is 13.0. The van der Waals surface area contributed by atoms with E-state index in [1.807, 2.05) is 0 Å². The van der Waals surface area contributed by atoms with Crippen molar-refractivity contribution in [3.63, 3.8) is 0 Å². The molecule has 3 aromatic rings. The summed E-state index contributed by atoms with van der Waals surface area (Å²) in [6.45, 7) is 14.7. The predicted molar refractivity (Wildman–Crippen MR) is 167 cm³/mol. The van der Waals surface area contributed by atoms with Gasteiger partial charge in [-0.15, -0.1) is 0 Å². The number of benzene rings is 2. The van der Waals surface area contributed by atoms with Crippen LogP contribution in [0.1, 0.15) is 49.1 Å². The zero-order valence-electron chi connectivity index (χ0n) is 25.0. The third-order valence-electron chi connectivity index (χ3n) is 10.8. The molecule has 4 heterocycles. The fourth-order valence-electron chi connectivity index (χ4n) is 8.55. The van der Waals surface area contributed by atoms with E-state index in [0.717, 1.165) is 54.1 Å². The summed E-state index contributed by atoms with van der Waals surface area (Å²) in [6.07, 6.45) is 7.12. The zero-order valence-corrected chi connectivity index (χ0v) is 25.0. The fraction of sp³-hybridized carbons (Fsp3) is 0.486. The molecular weight excluding hydrogens is 555 g/mol. The number of piperazine rings is 1. The van der Waals surface area contributed by atoms with Gasteiger partial charge in [0.15, 0.2) is 5.83 Å². The minimum absolute atomic E-state index is 0.0627. The van der Waals surface area contributed by atoms with Crippen molar-refractivity contribution in [2.75, 3.05) is 50.8 Å². The second kappa shape index (κ2) is 10.6. The molecule has 0 N–H and O–H groups in total. The molecule has 8 rings (SSSR count). The summed E-state index contributed by atoms with van der Waals surface area (Å²) >= 11 is 0. The zero-order chi connectivity index (χ0) is 30.0. The van der Waals surface area contributed by atoms with Gasteiger partial charge in [-0.25, -0.2) is 11.0 Å². The van der Waals surface area contributed by atoms with Crippen molar-refractivity contribution in [3.05, 3.63) is 71.3 Å². The number of rotatable bonds is 7. The normalized spacial score (nSPS) is 25.0. The average molecular weight is 593 g/mol. The third-order valence-corrected chi connectivity index (χ3v) is 10.8. The highest BCUT2D eigenvalue weighted by molar-refractivity contribution is 5.94. The molecule has 4 fully saturated rings. The average Bonchev–Trinajstić information content (AvgIpc) is 3.32. The molecule has 0 unspecified atom stereocenters. The minimum Gasteiger partial charge on any atom is -0.461 e. The molecule has 5 aliphatic rings. The Balaban J connectivity index is 1.17. The summed E-state index contributed by atoms with van der Waals surface area (Å²) in [7, 11) is 0. The summed E-state index contributed by atoms with van der Waals surface area (Å²) in [5.74, 6) is 0.459. The number of nitrogens with zero attached hydrogens (tertiary/aromatic N) is 6. The van der Waals surface area contributed by atoms with Crippen LogP contribution in [-0.4, -0.2) is 83.1 Å². The van der Waals surface area contributed by atoms with Crippen LogP contribution in [0.4, 0.5) is 10.2 Å². The van der Waals surface area contributed by atoms with Gasteiger partial charge in [-0.05, 0) is 97.8 Å². The highest BCUT2D eigenvalue weighted by atomic mass is 19.1. The number of hydrogen-bond acceptors (Lipinski definition) is 6. The van der Waals surface area contributed by atoms with E-state index in [0.29, 0.717) is 31.6 Å². The van der Waals surface area contributed by atoms with E-state index >= 15 is 0 Å². The molecule has 1 amide bonds. The topological polar surface area (TPSA) is 66.2 Å². The molecule has 0 spiro atoms. The number of carbonyl (C=O) groups excluding carboxylic acids is 1. The number of halogens is 1. The van der Waals surface area contributed by atoms with Crippen LogP contribution in [0.2, 0.25) is 0 Å². The highest BCUT2D eigenvalue weighted by Crippen LogP contribution is 2.58. The Kier molecular flexibility index (Phi) is 6.60. The molecule has 3 atom stereocenters. The maximum atomic E-state index is 13.8. The van der Waals surface area contributed by atoms with Crippen molar-refractivity contribution in [1.82, 2.24) is 19.8 Å². The number of aromatic nitrogens is 2. The number of amides is 1. The fourth-order valence-corrected chi connectivity index (χ4v) is 8.55. The molecule has 1 aromatic heterocycles. The van der Waals surface area contributed by atoms with Crippen molar-refractivity contribution in [3.8, 4) is 17.1 Å². The van der Waals surface area contributed by atoms with E-state index in [2.05, 4.69) is 57.6 Å². The molecule has 8 nitrogen and oxygen atoms in total. The van der Waals surface area contributed by atoms with Gasteiger partial charge in [-0.1, -0.05) is 30.8 Å². The largest absolute Gasteiger partial charge is 0.461 e. The van der Waals surface area contributed by atoms with Gasteiger partial charge in [0, 0.05) is 25.0 Å². The van der Waals surface area contributed by atoms with Crippen molar-refractivity contribution < 1.29 is 13.9 Å². The van der Waals surface area contributed by atoms with Gasteiger partial charge in [0.1, 0.15) is 18.5 Å². The van der Waals surface area contributed by atoms with Crippen LogP contribution in [0, 0.1) is 12.5 Å². The smallest absolute Gasteiger partial charge is 0.319 e. The van der Waals surface area contributed by atoms with Gasteiger partial charge in [0.25, 0.3) is 5.91 Å². The first kappa shape index (κ1) is 27.5. The lowest BCUT2D eigenvalue weighted by atomic mass is 9.94. The molecule has 0 bridgehead atoms. The van der Waals surface area contributed by atoms with Crippen molar-refractivity contribution in [1.29, 1.82) is 0 Å². The number of hydrogen-bond donors (Lipinski definition) is 0. The van der Waals surface area contributed by atoms with E-state index in [1.54, 1.807) is 0 Å². The lowest BCUT2D eigenvalue weighted by molar-refractivity contribution is -0.131. The molecule has 2 aromatic carbocycles. The van der Waals surface area contributed by atoms with E-state index in [-0.39, 0.29) is 18.6 Å². The Hall–Kier alpha value is -4.03. The first-order valence-corrected chi connectivity index (χ1v) is 16.0. The molecule has 226 valence electrons. The number of carbonyl (C=O) groups is 1. The number of anilines is 1. The molecule has 9 heteroatoms. The minimum atomic E-state index is -0.999. The molecule has 44 heavy (non-hydrogen) atoms. The third kappa shape index (κ3) is 4.54. The Morgan fingerprint density at radius 1 is 1.14 bits per heavy atom. The molecular formula is C35H37FN6O2. The maximum Gasteiger partial charge on any atom is 0.319 e. The lowest BCUT2D eigenvalue weighted by Gasteiger charge is -2.39. The van der Waals surface area contributed by atoms with Crippen LogP contribution in [0.15, 0.2) is 48.8 Å². The van der Waals surface area contributed by atoms with Crippen LogP contribution < -0.4 is 9.64 Å². The first-order valence-electron chi connectivity index (χ1n) is 16.0. The van der Waals surface area contributed by atoms with Gasteiger partial charge in [-0.2, -0.15) is 9.97 Å². The summed E-state index contributed by atoms with van der Waals surface area (Å²) < 4.78 is 20.3. The van der Waals surface area contributed by atoms with Gasteiger partial charge in [0.05, 0.1) is 11.1 Å². The second-order valence-corrected chi connectivity index (χ2v) is 13.3. The van der Waals surface area contributed by atoms with Gasteiger partial charge in [-0.3, -0.25) is 9.69 Å². The maximum absolute atomic E-state index is 13.8. The van der Waals surface area contributed by atoms with Crippen molar-refractivity contribution in [2.45, 2.75) is 56.0 Å². The number of ether oxygens (including phenoxy) is 1. The summed E-state index contributed by atoms with van der Waals surface area (Å²) in [4.78, 5) is 32.2. The monoisotopic (exact) mass is 592 g/mol. The lowest BCUT2D eigenvalue weighted by Crippen LogP contribution is -2.56. The molecule has 1 saturated carbocycles. The molecule has 0 radical (unpaired) electrons. The summed E-state index contributed by atoms with van der Waals surface area (Å²) in [5, 5.41) is 0.899. The van der Waals surface area contributed by atoms with E-state index in [9.17, 15) is 9.18 Å². The number of fused-ring (bicyclic) bond motifs is 5. The molecule has 2 aliphatic carbocycles. The van der Waals surface area contributed by atoms with E-state index in [1.165, 1.54) is 47.3 Å². The Morgan fingerprint density at radius 2 is 1.98 bits per heavy atom. The second-order valence-electron chi connectivity index (χ2n) is 13.3. The molecule has 3 saturated heterocycles. The first-order chi connectivity index (χ1) is 21.4. The Bertz CT molecular complexity index is 1710. The van der Waals surface area contributed by atoms with Crippen LogP contribution in [0.5, 0.6) is 6.01 Å². The van der Waals surface area contributed by atoms with Crippen LogP contribution >= 0.6 is 0 Å².